The fourth-order valence-corrected chi connectivity index (χ4v) is 0.534. The summed E-state index contributed by atoms with van der Waals surface area (Å²) in [4.78, 5) is 0. The van der Waals surface area contributed by atoms with Crippen LogP contribution in [0.5, 0.6) is 0 Å². The second-order valence-electron chi connectivity index (χ2n) is 1.65. The number of hydrogen-bond donors (Lipinski definition) is 0. The summed E-state index contributed by atoms with van der Waals surface area (Å²) < 4.78 is 0. The Kier molecular flexibility index (Phi) is 19.3. The minimum atomic E-state index is 0. The van der Waals surface area contributed by atoms with Crippen LogP contribution >= 0.6 is 0 Å². The van der Waals surface area contributed by atoms with Crippen LogP contribution in [0.15, 0.2) is 30.3 Å². The van der Waals surface area contributed by atoms with Crippen molar-refractivity contribution in [2.75, 3.05) is 0 Å². The molecule has 0 saturated carbocycles. The average Bonchev–Trinajstić information content (AvgIpc) is 1.94. The minimum absolute atomic E-state index is 0. The van der Waals surface area contributed by atoms with Gasteiger partial charge in [-0.2, -0.15) is 0 Å². The van der Waals surface area contributed by atoms with Crippen molar-refractivity contribution in [3.05, 3.63) is 43.3 Å². The van der Waals surface area contributed by atoms with Gasteiger partial charge in [0.1, 0.15) is 0 Å². The Morgan fingerprint density at radius 2 is 1.27 bits per heavy atom. The first-order valence-electron chi connectivity index (χ1n) is 3.41. The third-order valence-corrected chi connectivity index (χ3v) is 0.940. The number of rotatable bonds is 0. The van der Waals surface area contributed by atoms with Crippen LogP contribution < -0.4 is 0 Å². The number of benzene rings is 1. The van der Waals surface area contributed by atoms with E-state index in [1.165, 1.54) is 5.56 Å². The summed E-state index contributed by atoms with van der Waals surface area (Å²) in [7, 11) is 0. The second-order valence-corrected chi connectivity index (χ2v) is 1.65. The van der Waals surface area contributed by atoms with Gasteiger partial charge in [-0.25, -0.2) is 0 Å². The largest absolute Gasteiger partial charge is 0.358 e. The van der Waals surface area contributed by atoms with E-state index in [0.717, 1.165) is 0 Å². The molecule has 0 bridgehead atoms. The standard InChI is InChI=1S/C7H8.C2H6.CH3.V/c1-7-5-3-2-4-6-7;1-2;;/h2-6H,1H3;1-2H3;1H3;/q;;-1;. The predicted molar refractivity (Wildman–Crippen MR) is 48.9 cm³/mol. The monoisotopic (exact) mass is 188 g/mol. The van der Waals surface area contributed by atoms with Crippen molar-refractivity contribution in [2.45, 2.75) is 20.8 Å². The molecule has 0 saturated heterocycles. The van der Waals surface area contributed by atoms with Crippen LogP contribution in [-0.4, -0.2) is 0 Å². The maximum Gasteiger partial charge on any atom is 0 e. The fourth-order valence-electron chi connectivity index (χ4n) is 0.534. The Balaban J connectivity index is -0.000000149. The molecular weight excluding hydrogens is 171 g/mol. The quantitative estimate of drug-likeness (QED) is 0.547. The van der Waals surface area contributed by atoms with Crippen molar-refractivity contribution in [3.8, 4) is 0 Å². The molecule has 0 fully saturated rings. The van der Waals surface area contributed by atoms with E-state index < -0.39 is 0 Å². The van der Waals surface area contributed by atoms with Gasteiger partial charge in [-0.1, -0.05) is 49.7 Å². The van der Waals surface area contributed by atoms with Gasteiger partial charge >= 0.3 is 0 Å². The molecule has 0 spiro atoms. The van der Waals surface area contributed by atoms with Gasteiger partial charge in [0.05, 0.1) is 0 Å². The summed E-state index contributed by atoms with van der Waals surface area (Å²) in [5.74, 6) is 0. The molecule has 0 heterocycles. The average molecular weight is 188 g/mol. The van der Waals surface area contributed by atoms with Gasteiger partial charge in [0, 0.05) is 18.6 Å². The Hall–Kier alpha value is -0.196. The van der Waals surface area contributed by atoms with E-state index in [9.17, 15) is 0 Å². The Labute approximate surface area is 82.9 Å². The zero-order valence-electron chi connectivity index (χ0n) is 7.83. The minimum Gasteiger partial charge on any atom is -0.358 e. The molecule has 0 aliphatic heterocycles. The van der Waals surface area contributed by atoms with E-state index in [1.54, 1.807) is 0 Å². The van der Waals surface area contributed by atoms with Gasteiger partial charge in [0.2, 0.25) is 0 Å². The fraction of sp³-hybridized carbons (Fsp3) is 0.300. The Morgan fingerprint density at radius 3 is 1.45 bits per heavy atom. The zero-order chi connectivity index (χ0) is 7.11. The first-order chi connectivity index (χ1) is 4.39. The third-order valence-electron chi connectivity index (χ3n) is 0.940. The van der Waals surface area contributed by atoms with Crippen LogP contribution in [0, 0.1) is 14.4 Å². The van der Waals surface area contributed by atoms with E-state index in [1.807, 2.05) is 32.0 Å². The van der Waals surface area contributed by atoms with Gasteiger partial charge in [-0.3, -0.25) is 0 Å². The summed E-state index contributed by atoms with van der Waals surface area (Å²) in [6, 6.07) is 10.3. The van der Waals surface area contributed by atoms with E-state index in [0.29, 0.717) is 0 Å². The smallest absolute Gasteiger partial charge is 0 e. The first kappa shape index (κ1) is 17.1. The van der Waals surface area contributed by atoms with Gasteiger partial charge < -0.3 is 7.43 Å². The second kappa shape index (κ2) is 12.5. The summed E-state index contributed by atoms with van der Waals surface area (Å²) in [5, 5.41) is 0. The molecule has 0 aromatic heterocycles. The van der Waals surface area contributed by atoms with Crippen molar-refractivity contribution in [1.82, 2.24) is 0 Å². The molecule has 0 amide bonds. The molecule has 0 atom stereocenters. The summed E-state index contributed by atoms with van der Waals surface area (Å²) >= 11 is 0. The topological polar surface area (TPSA) is 0 Å². The summed E-state index contributed by atoms with van der Waals surface area (Å²) in [5.41, 5.74) is 1.32. The molecule has 1 aromatic carbocycles. The summed E-state index contributed by atoms with van der Waals surface area (Å²) in [6.07, 6.45) is 0. The third kappa shape index (κ3) is 9.80. The maximum atomic E-state index is 2.08. The molecule has 1 radical (unpaired) electrons. The summed E-state index contributed by atoms with van der Waals surface area (Å²) in [6.45, 7) is 6.08. The van der Waals surface area contributed by atoms with Gasteiger partial charge in [-0.15, -0.1) is 0 Å². The van der Waals surface area contributed by atoms with E-state index in [4.69, 9.17) is 0 Å². The van der Waals surface area contributed by atoms with E-state index in [2.05, 4.69) is 19.1 Å². The van der Waals surface area contributed by atoms with Crippen LogP contribution in [-0.2, 0) is 18.6 Å². The van der Waals surface area contributed by atoms with Crippen molar-refractivity contribution in [3.63, 3.8) is 0 Å². The molecule has 1 rings (SSSR count). The van der Waals surface area contributed by atoms with Gasteiger partial charge in [0.25, 0.3) is 0 Å². The molecular formula is C10H17V-. The van der Waals surface area contributed by atoms with Crippen molar-refractivity contribution in [1.29, 1.82) is 0 Å². The molecule has 11 heavy (non-hydrogen) atoms. The van der Waals surface area contributed by atoms with Gasteiger partial charge in [0.15, 0.2) is 0 Å². The zero-order valence-corrected chi connectivity index (χ0v) is 9.23. The Bertz CT molecular complexity index is 135. The molecule has 0 N–H and O–H groups in total. The number of aryl methyl sites for hydroxylation is 1. The van der Waals surface area contributed by atoms with Crippen LogP contribution in [0.2, 0.25) is 0 Å². The van der Waals surface area contributed by atoms with Gasteiger partial charge in [-0.05, 0) is 6.92 Å². The molecule has 1 heteroatoms. The maximum absolute atomic E-state index is 2.08. The first-order valence-corrected chi connectivity index (χ1v) is 3.41. The normalized spacial score (nSPS) is 6.09. The van der Waals surface area contributed by atoms with Crippen molar-refractivity contribution >= 4 is 0 Å². The van der Waals surface area contributed by atoms with Crippen LogP contribution in [0.1, 0.15) is 19.4 Å². The predicted octanol–water partition coefficient (Wildman–Crippen LogP) is 3.47. The molecule has 0 nitrogen and oxygen atoms in total. The molecule has 0 unspecified atom stereocenters. The van der Waals surface area contributed by atoms with Crippen LogP contribution in [0.3, 0.4) is 0 Å². The molecule has 63 valence electrons. The SMILES string of the molecule is CC.Cc1ccccc1.[CH3-].[V]. The van der Waals surface area contributed by atoms with Crippen molar-refractivity contribution in [2.24, 2.45) is 0 Å². The van der Waals surface area contributed by atoms with Crippen molar-refractivity contribution < 1.29 is 18.6 Å². The van der Waals surface area contributed by atoms with Crippen LogP contribution in [0.4, 0.5) is 0 Å². The van der Waals surface area contributed by atoms with E-state index in [-0.39, 0.29) is 26.0 Å². The molecule has 0 aliphatic carbocycles. The van der Waals surface area contributed by atoms with Crippen LogP contribution in [0.25, 0.3) is 0 Å². The number of hydrogen-bond acceptors (Lipinski definition) is 0. The van der Waals surface area contributed by atoms with E-state index >= 15 is 0 Å². The molecule has 0 aliphatic rings. The molecule has 1 aromatic rings. The Morgan fingerprint density at radius 1 is 0.909 bits per heavy atom.